The van der Waals surface area contributed by atoms with E-state index in [1.54, 1.807) is 31.4 Å². The molecule has 1 heterocycles. The van der Waals surface area contributed by atoms with Crippen molar-refractivity contribution in [3.63, 3.8) is 0 Å². The summed E-state index contributed by atoms with van der Waals surface area (Å²) in [6.45, 7) is 1.48. The highest BCUT2D eigenvalue weighted by Crippen LogP contribution is 2.48. The number of carbonyl (C=O) groups is 2. The zero-order valence-corrected chi connectivity index (χ0v) is 15.7. The maximum atomic E-state index is 13.5. The first kappa shape index (κ1) is 18.0. The summed E-state index contributed by atoms with van der Waals surface area (Å²) in [5.74, 6) is 0.288. The van der Waals surface area contributed by atoms with E-state index in [0.717, 1.165) is 11.1 Å². The van der Waals surface area contributed by atoms with Gasteiger partial charge in [0.2, 0.25) is 0 Å². The van der Waals surface area contributed by atoms with Crippen LogP contribution < -0.4 is 9.47 Å². The molecule has 1 aliphatic heterocycles. The summed E-state index contributed by atoms with van der Waals surface area (Å²) >= 11 is 0. The van der Waals surface area contributed by atoms with Crippen LogP contribution in [-0.4, -0.2) is 18.7 Å². The molecule has 0 aromatic heterocycles. The van der Waals surface area contributed by atoms with Crippen molar-refractivity contribution < 1.29 is 19.1 Å². The molecule has 3 aromatic carbocycles. The fourth-order valence-electron chi connectivity index (χ4n) is 3.83. The number of carbonyl (C=O) groups excluding carboxylic acids is 2. The molecule has 28 heavy (non-hydrogen) atoms. The fraction of sp³-hybridized carbons (Fsp3) is 0.167. The van der Waals surface area contributed by atoms with Crippen molar-refractivity contribution in [2.45, 2.75) is 12.8 Å². The number of ketones is 2. The summed E-state index contributed by atoms with van der Waals surface area (Å²) in [6.07, 6.45) is 0. The van der Waals surface area contributed by atoms with Crippen molar-refractivity contribution in [3.8, 4) is 17.2 Å². The van der Waals surface area contributed by atoms with Gasteiger partial charge in [0.15, 0.2) is 5.78 Å². The number of benzene rings is 3. The number of hydrogen-bond acceptors (Lipinski definition) is 4. The molecule has 140 valence electrons. The molecule has 0 fully saturated rings. The molecule has 0 N–H and O–H groups in total. The fourth-order valence-corrected chi connectivity index (χ4v) is 3.83. The van der Waals surface area contributed by atoms with Crippen LogP contribution in [0.25, 0.3) is 0 Å². The van der Waals surface area contributed by atoms with Gasteiger partial charge in [-0.3, -0.25) is 9.59 Å². The SMILES string of the molecule is COc1cccc(C(=O)C(C(C)=O)C2c3ccccc3Oc3ccccc32)c1. The van der Waals surface area contributed by atoms with Crippen molar-refractivity contribution >= 4 is 11.6 Å². The third-order valence-corrected chi connectivity index (χ3v) is 5.14. The van der Waals surface area contributed by atoms with Crippen molar-refractivity contribution in [1.82, 2.24) is 0 Å². The third kappa shape index (κ3) is 3.07. The number of hydrogen-bond donors (Lipinski definition) is 0. The molecular formula is C24H20O4. The molecule has 0 radical (unpaired) electrons. The van der Waals surface area contributed by atoms with Gasteiger partial charge in [0, 0.05) is 22.6 Å². The number of methoxy groups -OCH3 is 1. The van der Waals surface area contributed by atoms with E-state index in [2.05, 4.69) is 0 Å². The Morgan fingerprint density at radius 3 is 2.07 bits per heavy atom. The van der Waals surface area contributed by atoms with Gasteiger partial charge in [-0.2, -0.15) is 0 Å². The first-order valence-corrected chi connectivity index (χ1v) is 9.14. The van der Waals surface area contributed by atoms with Crippen molar-refractivity contribution in [1.29, 1.82) is 0 Å². The van der Waals surface area contributed by atoms with Gasteiger partial charge in [-0.1, -0.05) is 48.5 Å². The second-order valence-electron chi connectivity index (χ2n) is 6.84. The van der Waals surface area contributed by atoms with Gasteiger partial charge in [0.05, 0.1) is 13.0 Å². The highest BCUT2D eigenvalue weighted by molar-refractivity contribution is 6.11. The topological polar surface area (TPSA) is 52.6 Å². The largest absolute Gasteiger partial charge is 0.497 e. The van der Waals surface area contributed by atoms with Gasteiger partial charge in [-0.15, -0.1) is 0 Å². The number of ether oxygens (including phenoxy) is 2. The first-order valence-electron chi connectivity index (χ1n) is 9.14. The summed E-state index contributed by atoms with van der Waals surface area (Å²) in [4.78, 5) is 26.2. The molecule has 4 heteroatoms. The lowest BCUT2D eigenvalue weighted by Crippen LogP contribution is -2.31. The van der Waals surface area contributed by atoms with E-state index in [1.807, 2.05) is 48.5 Å². The first-order chi connectivity index (χ1) is 13.6. The molecule has 0 bridgehead atoms. The molecule has 1 unspecified atom stereocenters. The second-order valence-corrected chi connectivity index (χ2v) is 6.84. The molecule has 4 rings (SSSR count). The average Bonchev–Trinajstić information content (AvgIpc) is 2.73. The van der Waals surface area contributed by atoms with Crippen molar-refractivity contribution in [2.24, 2.45) is 5.92 Å². The minimum absolute atomic E-state index is 0.177. The van der Waals surface area contributed by atoms with Crippen LogP contribution in [-0.2, 0) is 4.79 Å². The Labute approximate surface area is 163 Å². The maximum Gasteiger partial charge on any atom is 0.174 e. The molecule has 0 saturated carbocycles. The van der Waals surface area contributed by atoms with E-state index in [9.17, 15) is 9.59 Å². The Morgan fingerprint density at radius 1 is 0.893 bits per heavy atom. The lowest BCUT2D eigenvalue weighted by Gasteiger charge is -2.32. The lowest BCUT2D eigenvalue weighted by atomic mass is 9.74. The third-order valence-electron chi connectivity index (χ3n) is 5.14. The van der Waals surface area contributed by atoms with E-state index >= 15 is 0 Å². The number of fused-ring (bicyclic) bond motifs is 2. The van der Waals surface area contributed by atoms with Crippen LogP contribution in [0.5, 0.6) is 17.2 Å². The molecule has 4 nitrogen and oxygen atoms in total. The Hall–Kier alpha value is -3.40. The minimum Gasteiger partial charge on any atom is -0.497 e. The Morgan fingerprint density at radius 2 is 1.50 bits per heavy atom. The molecule has 1 aliphatic rings. The zero-order chi connectivity index (χ0) is 19.7. The zero-order valence-electron chi connectivity index (χ0n) is 15.7. The van der Waals surface area contributed by atoms with Gasteiger partial charge in [-0.05, 0) is 31.2 Å². The summed E-state index contributed by atoms with van der Waals surface area (Å²) in [5.41, 5.74) is 2.15. The van der Waals surface area contributed by atoms with Gasteiger partial charge in [-0.25, -0.2) is 0 Å². The van der Waals surface area contributed by atoms with Crippen LogP contribution in [0.1, 0.15) is 34.3 Å². The van der Waals surface area contributed by atoms with Crippen molar-refractivity contribution in [2.75, 3.05) is 7.11 Å². The van der Waals surface area contributed by atoms with E-state index in [0.29, 0.717) is 22.8 Å². The van der Waals surface area contributed by atoms with Gasteiger partial charge in [0.1, 0.15) is 23.0 Å². The van der Waals surface area contributed by atoms with E-state index in [1.165, 1.54) is 6.92 Å². The summed E-state index contributed by atoms with van der Waals surface area (Å²) in [7, 11) is 1.55. The number of Topliss-reactive ketones (excluding diaryl/α,β-unsaturated/α-hetero) is 2. The van der Waals surface area contributed by atoms with Crippen LogP contribution in [0.15, 0.2) is 72.8 Å². The van der Waals surface area contributed by atoms with Crippen LogP contribution in [0.3, 0.4) is 0 Å². The molecule has 1 atom stereocenters. The standard InChI is InChI=1S/C24H20O4/c1-15(25)22(24(26)16-8-7-9-17(14-16)27-2)23-18-10-3-5-12-20(18)28-21-13-6-4-11-19(21)23/h3-14,22-23H,1-2H3. The van der Waals surface area contributed by atoms with Crippen molar-refractivity contribution in [3.05, 3.63) is 89.5 Å². The summed E-state index contributed by atoms with van der Waals surface area (Å²) < 4.78 is 11.3. The van der Waals surface area contributed by atoms with Crippen LogP contribution in [0.4, 0.5) is 0 Å². The number of para-hydroxylation sites is 2. The lowest BCUT2D eigenvalue weighted by molar-refractivity contribution is -0.119. The minimum atomic E-state index is -0.849. The molecule has 0 saturated heterocycles. The Bertz CT molecular complexity index is 1010. The maximum absolute atomic E-state index is 13.5. The van der Waals surface area contributed by atoms with Gasteiger partial charge < -0.3 is 9.47 Å². The quantitative estimate of drug-likeness (QED) is 0.466. The van der Waals surface area contributed by atoms with Crippen LogP contribution >= 0.6 is 0 Å². The number of rotatable bonds is 5. The summed E-state index contributed by atoms with van der Waals surface area (Å²) in [6, 6.07) is 22.1. The van der Waals surface area contributed by atoms with E-state index < -0.39 is 11.8 Å². The predicted octanol–water partition coefficient (Wildman–Crippen LogP) is 5.02. The monoisotopic (exact) mass is 372 g/mol. The highest BCUT2D eigenvalue weighted by Gasteiger charge is 2.40. The summed E-state index contributed by atoms with van der Waals surface area (Å²) in [5, 5.41) is 0. The Kier molecular flexibility index (Phi) is 4.70. The normalized spacial score (nSPS) is 13.6. The van der Waals surface area contributed by atoms with E-state index in [-0.39, 0.29) is 11.6 Å². The smallest absolute Gasteiger partial charge is 0.174 e. The molecular weight excluding hydrogens is 352 g/mol. The van der Waals surface area contributed by atoms with Crippen LogP contribution in [0.2, 0.25) is 0 Å². The predicted molar refractivity (Wildman–Crippen MR) is 106 cm³/mol. The second kappa shape index (κ2) is 7.31. The van der Waals surface area contributed by atoms with Gasteiger partial charge in [0.25, 0.3) is 0 Å². The molecule has 3 aromatic rings. The van der Waals surface area contributed by atoms with Crippen LogP contribution in [0, 0.1) is 5.92 Å². The highest BCUT2D eigenvalue weighted by atomic mass is 16.5. The molecule has 0 aliphatic carbocycles. The van der Waals surface area contributed by atoms with E-state index in [4.69, 9.17) is 9.47 Å². The average molecular weight is 372 g/mol. The Balaban J connectivity index is 1.86. The van der Waals surface area contributed by atoms with Gasteiger partial charge >= 0.3 is 0 Å². The molecule has 0 amide bonds. The molecule has 0 spiro atoms.